The van der Waals surface area contributed by atoms with Gasteiger partial charge in [-0.2, -0.15) is 5.26 Å². The summed E-state index contributed by atoms with van der Waals surface area (Å²) in [6, 6.07) is 11.6. The predicted octanol–water partition coefficient (Wildman–Crippen LogP) is 2.39. The Labute approximate surface area is 146 Å². The van der Waals surface area contributed by atoms with Crippen molar-refractivity contribution in [1.82, 2.24) is 4.31 Å². The van der Waals surface area contributed by atoms with Crippen LogP contribution in [-0.2, 0) is 15.2 Å². The second-order valence-corrected chi connectivity index (χ2v) is 9.34. The first-order valence-electron chi connectivity index (χ1n) is 7.29. The summed E-state index contributed by atoms with van der Waals surface area (Å²) in [5.74, 6) is 4.38. The molecule has 0 fully saturated rings. The highest BCUT2D eigenvalue weighted by molar-refractivity contribution is 7.98. The van der Waals surface area contributed by atoms with Gasteiger partial charge >= 0.3 is 0 Å². The number of benzene rings is 1. The van der Waals surface area contributed by atoms with E-state index in [1.54, 1.807) is 24.5 Å². The van der Waals surface area contributed by atoms with Crippen molar-refractivity contribution in [2.45, 2.75) is 12.5 Å². The van der Waals surface area contributed by atoms with Crippen LogP contribution in [0.4, 0.5) is 0 Å². The van der Waals surface area contributed by atoms with Crippen LogP contribution in [0.5, 0.6) is 0 Å². The van der Waals surface area contributed by atoms with E-state index in [1.807, 2.05) is 36.6 Å². The average Bonchev–Trinajstić information content (AvgIpc) is 3.03. The molecule has 2 N–H and O–H groups in total. The maximum atomic E-state index is 12.7. The average molecular weight is 358 g/mol. The van der Waals surface area contributed by atoms with E-state index in [0.717, 1.165) is 16.0 Å². The van der Waals surface area contributed by atoms with Gasteiger partial charge in [0.1, 0.15) is 5.54 Å². The van der Waals surface area contributed by atoms with E-state index < -0.39 is 15.2 Å². The summed E-state index contributed by atoms with van der Waals surface area (Å²) >= 11 is 1.57. The maximum absolute atomic E-state index is 12.7. The van der Waals surface area contributed by atoms with Gasteiger partial charge in [-0.3, -0.25) is 4.31 Å². The van der Waals surface area contributed by atoms with Gasteiger partial charge in [-0.05, 0) is 47.5 Å². The maximum Gasteiger partial charge on any atom is 0.203 e. The van der Waals surface area contributed by atoms with Gasteiger partial charge in [-0.1, -0.05) is 12.1 Å². The fraction of sp³-hybridized carbons (Fsp3) is 0.235. The Bertz CT molecular complexity index is 968. The highest BCUT2D eigenvalue weighted by Crippen LogP contribution is 2.37. The number of nitrogens with zero attached hydrogens (tertiary/aromatic N) is 3. The Morgan fingerprint density at radius 1 is 1.50 bits per heavy atom. The molecule has 2 aromatic rings. The lowest BCUT2D eigenvalue weighted by molar-refractivity contribution is 0.515. The van der Waals surface area contributed by atoms with Crippen molar-refractivity contribution in [3.8, 4) is 16.5 Å². The zero-order valence-corrected chi connectivity index (χ0v) is 15.2. The topological polar surface area (TPSA) is 82.5 Å². The number of nitriles is 1. The molecule has 124 valence electrons. The minimum atomic E-state index is -2.49. The third kappa shape index (κ3) is 2.79. The van der Waals surface area contributed by atoms with E-state index in [4.69, 9.17) is 11.0 Å². The summed E-state index contributed by atoms with van der Waals surface area (Å²) in [5.41, 5.74) is 7.83. The number of hydrogen-bond donors (Lipinski definition) is 1. The summed E-state index contributed by atoms with van der Waals surface area (Å²) < 4.78 is 14.2. The molecule has 0 radical (unpaired) electrons. The number of aliphatic imine (C=N–C) groups is 1. The monoisotopic (exact) mass is 358 g/mol. The molecule has 1 aliphatic heterocycles. The fourth-order valence-electron chi connectivity index (χ4n) is 2.72. The standard InChI is InChI=1S/C17H18N4OS2/c1-17(11-24(3,22)21(2)16(19)20-17)14-8-15(23-10-14)13-6-4-5-12(7-13)9-18/h4-8,10H,3,11H2,1-2H3,(H2,19,20)/t17-,24?/m0/s1. The Morgan fingerprint density at radius 3 is 2.92 bits per heavy atom. The molecule has 1 aromatic carbocycles. The summed E-state index contributed by atoms with van der Waals surface area (Å²) in [6.45, 7) is 1.93. The molecule has 0 spiro atoms. The molecular weight excluding hydrogens is 340 g/mol. The van der Waals surface area contributed by atoms with Crippen molar-refractivity contribution in [1.29, 1.82) is 5.26 Å². The second kappa shape index (κ2) is 5.65. The van der Waals surface area contributed by atoms with Crippen LogP contribution < -0.4 is 5.73 Å². The van der Waals surface area contributed by atoms with Crippen LogP contribution in [0.3, 0.4) is 0 Å². The molecule has 0 saturated heterocycles. The molecule has 7 heteroatoms. The summed E-state index contributed by atoms with van der Waals surface area (Å²) in [5, 5.41) is 11.1. The molecule has 5 nitrogen and oxygen atoms in total. The van der Waals surface area contributed by atoms with Gasteiger partial charge in [0.25, 0.3) is 0 Å². The van der Waals surface area contributed by atoms with Crippen molar-refractivity contribution >= 4 is 32.9 Å². The van der Waals surface area contributed by atoms with Crippen molar-refractivity contribution < 1.29 is 4.21 Å². The van der Waals surface area contributed by atoms with E-state index in [1.165, 1.54) is 4.31 Å². The van der Waals surface area contributed by atoms with Crippen molar-refractivity contribution in [3.05, 3.63) is 46.8 Å². The lowest BCUT2D eigenvalue weighted by Gasteiger charge is -2.36. The van der Waals surface area contributed by atoms with E-state index in [9.17, 15) is 4.21 Å². The van der Waals surface area contributed by atoms with Gasteiger partial charge in [0.05, 0.1) is 27.1 Å². The fourth-order valence-corrected chi connectivity index (χ4v) is 5.44. The molecule has 0 saturated carbocycles. The highest BCUT2D eigenvalue weighted by Gasteiger charge is 2.37. The SMILES string of the molecule is C=S1(=O)C[C@@](C)(c2csc(-c3cccc(C#N)c3)c2)N=C(N)N1C. The van der Waals surface area contributed by atoms with Gasteiger partial charge in [0.15, 0.2) is 0 Å². The molecule has 2 heterocycles. The van der Waals surface area contributed by atoms with Crippen LogP contribution in [0, 0.1) is 11.3 Å². The normalized spacial score (nSPS) is 26.7. The lowest BCUT2D eigenvalue weighted by Crippen LogP contribution is -2.50. The molecule has 0 amide bonds. The molecule has 2 atom stereocenters. The number of thiophene rings is 1. The Morgan fingerprint density at radius 2 is 2.25 bits per heavy atom. The van der Waals surface area contributed by atoms with Gasteiger partial charge < -0.3 is 5.73 Å². The number of guanidine groups is 1. The highest BCUT2D eigenvalue weighted by atomic mass is 32.2. The Balaban J connectivity index is 2.03. The van der Waals surface area contributed by atoms with Crippen molar-refractivity contribution in [3.63, 3.8) is 0 Å². The first-order chi connectivity index (χ1) is 11.2. The molecule has 0 bridgehead atoms. The number of nitrogens with two attached hydrogens (primary N) is 1. The molecular formula is C17H18N4OS2. The second-order valence-electron chi connectivity index (χ2n) is 6.05. The Hall–Kier alpha value is -2.30. The summed E-state index contributed by atoms with van der Waals surface area (Å²) in [7, 11) is -0.840. The molecule has 0 aliphatic carbocycles. The summed E-state index contributed by atoms with van der Waals surface area (Å²) in [6.07, 6.45) is 0. The van der Waals surface area contributed by atoms with E-state index >= 15 is 0 Å². The minimum Gasteiger partial charge on any atom is -0.369 e. The van der Waals surface area contributed by atoms with Gasteiger partial charge in [-0.25, -0.2) is 9.20 Å². The first kappa shape index (κ1) is 16.6. The van der Waals surface area contributed by atoms with E-state index in [-0.39, 0.29) is 5.96 Å². The minimum absolute atomic E-state index is 0.239. The van der Waals surface area contributed by atoms with Crippen LogP contribution in [0.15, 0.2) is 40.7 Å². The van der Waals surface area contributed by atoms with Crippen LogP contribution in [0.1, 0.15) is 18.1 Å². The van der Waals surface area contributed by atoms with Crippen LogP contribution in [0.25, 0.3) is 10.4 Å². The zero-order chi connectivity index (χ0) is 17.5. The molecule has 24 heavy (non-hydrogen) atoms. The van der Waals surface area contributed by atoms with Crippen LogP contribution in [0.2, 0.25) is 0 Å². The van der Waals surface area contributed by atoms with Gasteiger partial charge in [0, 0.05) is 11.9 Å². The molecule has 1 unspecified atom stereocenters. The first-order valence-corrected chi connectivity index (χ1v) is 10.0. The number of rotatable bonds is 2. The molecule has 1 aliphatic rings. The van der Waals surface area contributed by atoms with Gasteiger partial charge in [0.2, 0.25) is 5.96 Å². The van der Waals surface area contributed by atoms with Crippen LogP contribution in [-0.4, -0.2) is 33.1 Å². The zero-order valence-electron chi connectivity index (χ0n) is 13.5. The third-order valence-electron chi connectivity index (χ3n) is 4.19. The van der Waals surface area contributed by atoms with Crippen LogP contribution >= 0.6 is 11.3 Å². The Kier molecular flexibility index (Phi) is 3.90. The summed E-state index contributed by atoms with van der Waals surface area (Å²) in [4.78, 5) is 5.59. The smallest absolute Gasteiger partial charge is 0.203 e. The number of hydrogen-bond acceptors (Lipinski definition) is 5. The predicted molar refractivity (Wildman–Crippen MR) is 101 cm³/mol. The van der Waals surface area contributed by atoms with Gasteiger partial charge in [-0.15, -0.1) is 11.3 Å². The van der Waals surface area contributed by atoms with Crippen molar-refractivity contribution in [2.75, 3.05) is 12.8 Å². The molecule has 1 aromatic heterocycles. The van der Waals surface area contributed by atoms with E-state index in [0.29, 0.717) is 11.3 Å². The molecule has 3 rings (SSSR count). The lowest BCUT2D eigenvalue weighted by atomic mass is 9.96. The third-order valence-corrected chi connectivity index (χ3v) is 7.36. The van der Waals surface area contributed by atoms with E-state index in [2.05, 4.69) is 16.9 Å². The quantitative estimate of drug-likeness (QED) is 0.837. The largest absolute Gasteiger partial charge is 0.369 e. The van der Waals surface area contributed by atoms with Crippen molar-refractivity contribution in [2.24, 2.45) is 10.7 Å².